The molecule has 2 heteroatoms. The van der Waals surface area contributed by atoms with E-state index in [4.69, 9.17) is 0 Å². The molecule has 0 bridgehead atoms. The Morgan fingerprint density at radius 2 is 1.89 bits per heavy atom. The van der Waals surface area contributed by atoms with Crippen LogP contribution in [0.15, 0.2) is 29.2 Å². The summed E-state index contributed by atoms with van der Waals surface area (Å²) in [6.45, 7) is 4.50. The molecule has 1 aromatic carbocycles. The zero-order valence-corrected chi connectivity index (χ0v) is 12.6. The van der Waals surface area contributed by atoms with Gasteiger partial charge in [-0.3, -0.25) is 0 Å². The van der Waals surface area contributed by atoms with Gasteiger partial charge in [0.25, 0.3) is 0 Å². The molecule has 1 aliphatic carbocycles. The summed E-state index contributed by atoms with van der Waals surface area (Å²) in [7, 11) is 2.09. The second kappa shape index (κ2) is 6.63. The summed E-state index contributed by atoms with van der Waals surface area (Å²) < 4.78 is 0. The lowest BCUT2D eigenvalue weighted by molar-refractivity contribution is 0.402. The highest BCUT2D eigenvalue weighted by Crippen LogP contribution is 2.34. The van der Waals surface area contributed by atoms with Gasteiger partial charge in [-0.05, 0) is 49.9 Å². The molecule has 0 spiro atoms. The van der Waals surface area contributed by atoms with E-state index in [-0.39, 0.29) is 0 Å². The Bertz CT molecular complexity index is 358. The molecule has 18 heavy (non-hydrogen) atoms. The van der Waals surface area contributed by atoms with E-state index in [1.54, 1.807) is 0 Å². The Kier molecular flexibility index (Phi) is 5.13. The standard InChI is InChI=1S/C16H25NS/c1-12(2)13-7-9-15(10-8-13)18-16-6-4-5-14(11-16)17-3/h7-10,12,14,16-17H,4-6,11H2,1-3H3. The number of nitrogens with one attached hydrogen (secondary N) is 1. The molecule has 0 aromatic heterocycles. The predicted molar refractivity (Wildman–Crippen MR) is 81.5 cm³/mol. The maximum atomic E-state index is 3.43. The Hall–Kier alpha value is -0.470. The van der Waals surface area contributed by atoms with E-state index in [0.717, 1.165) is 11.3 Å². The quantitative estimate of drug-likeness (QED) is 0.862. The van der Waals surface area contributed by atoms with Crippen molar-refractivity contribution in [3.8, 4) is 0 Å². The Balaban J connectivity index is 1.92. The molecule has 2 atom stereocenters. The lowest BCUT2D eigenvalue weighted by Crippen LogP contribution is -2.32. The van der Waals surface area contributed by atoms with Gasteiger partial charge in [-0.25, -0.2) is 0 Å². The van der Waals surface area contributed by atoms with Crippen LogP contribution in [0.1, 0.15) is 51.0 Å². The van der Waals surface area contributed by atoms with Gasteiger partial charge in [-0.2, -0.15) is 0 Å². The number of rotatable bonds is 4. The van der Waals surface area contributed by atoms with Crippen LogP contribution in [-0.4, -0.2) is 18.3 Å². The van der Waals surface area contributed by atoms with Gasteiger partial charge in [0.05, 0.1) is 0 Å². The van der Waals surface area contributed by atoms with Crippen molar-refractivity contribution in [2.45, 2.75) is 61.6 Å². The largest absolute Gasteiger partial charge is 0.317 e. The average molecular weight is 263 g/mol. The van der Waals surface area contributed by atoms with Crippen LogP contribution in [0.5, 0.6) is 0 Å². The van der Waals surface area contributed by atoms with Gasteiger partial charge < -0.3 is 5.32 Å². The molecule has 1 nitrogen and oxygen atoms in total. The first-order valence-corrected chi connectivity index (χ1v) is 8.01. The van der Waals surface area contributed by atoms with Crippen LogP contribution in [0.4, 0.5) is 0 Å². The first kappa shape index (κ1) is 14.0. The highest BCUT2D eigenvalue weighted by atomic mass is 32.2. The lowest BCUT2D eigenvalue weighted by atomic mass is 9.95. The van der Waals surface area contributed by atoms with E-state index < -0.39 is 0 Å². The van der Waals surface area contributed by atoms with Crippen molar-refractivity contribution in [1.82, 2.24) is 5.32 Å². The normalized spacial score (nSPS) is 24.4. The Labute approximate surface area is 116 Å². The zero-order valence-electron chi connectivity index (χ0n) is 11.8. The fourth-order valence-corrected chi connectivity index (χ4v) is 3.93. The summed E-state index contributed by atoms with van der Waals surface area (Å²) in [5, 5.41) is 4.22. The topological polar surface area (TPSA) is 12.0 Å². The number of hydrogen-bond donors (Lipinski definition) is 1. The molecule has 0 saturated heterocycles. The molecule has 2 unspecified atom stereocenters. The van der Waals surface area contributed by atoms with Crippen molar-refractivity contribution in [1.29, 1.82) is 0 Å². The van der Waals surface area contributed by atoms with Crippen molar-refractivity contribution in [2.75, 3.05) is 7.05 Å². The molecule has 100 valence electrons. The minimum atomic E-state index is 0.632. The van der Waals surface area contributed by atoms with Crippen LogP contribution in [0, 0.1) is 0 Å². The highest BCUT2D eigenvalue weighted by molar-refractivity contribution is 8.00. The average Bonchev–Trinajstić information content (AvgIpc) is 2.39. The summed E-state index contributed by atoms with van der Waals surface area (Å²) in [5.41, 5.74) is 1.44. The molecule has 1 saturated carbocycles. The third kappa shape index (κ3) is 3.76. The maximum absolute atomic E-state index is 3.43. The lowest BCUT2D eigenvalue weighted by Gasteiger charge is -2.28. The molecular weight excluding hydrogens is 238 g/mol. The van der Waals surface area contributed by atoms with E-state index in [1.807, 2.05) is 0 Å². The maximum Gasteiger partial charge on any atom is 0.0109 e. The molecule has 1 aromatic rings. The van der Waals surface area contributed by atoms with Gasteiger partial charge in [0, 0.05) is 16.2 Å². The third-order valence-corrected chi connectivity index (χ3v) is 5.19. The number of benzene rings is 1. The fraction of sp³-hybridized carbons (Fsp3) is 0.625. The van der Waals surface area contributed by atoms with Crippen LogP contribution in [0.2, 0.25) is 0 Å². The van der Waals surface area contributed by atoms with Gasteiger partial charge in [0.2, 0.25) is 0 Å². The molecule has 2 rings (SSSR count). The van der Waals surface area contributed by atoms with E-state index in [9.17, 15) is 0 Å². The molecule has 0 aliphatic heterocycles. The number of thioether (sulfide) groups is 1. The second-order valence-corrected chi connectivity index (χ2v) is 6.99. The molecule has 0 radical (unpaired) electrons. The summed E-state index contributed by atoms with van der Waals surface area (Å²) in [4.78, 5) is 1.43. The van der Waals surface area contributed by atoms with Gasteiger partial charge in [0.1, 0.15) is 0 Å². The Morgan fingerprint density at radius 1 is 1.17 bits per heavy atom. The van der Waals surface area contributed by atoms with Gasteiger partial charge in [-0.15, -0.1) is 11.8 Å². The van der Waals surface area contributed by atoms with Crippen LogP contribution in [-0.2, 0) is 0 Å². The van der Waals surface area contributed by atoms with Crippen LogP contribution in [0.3, 0.4) is 0 Å². The minimum Gasteiger partial charge on any atom is -0.317 e. The SMILES string of the molecule is CNC1CCCC(Sc2ccc(C(C)C)cc2)C1. The first-order valence-electron chi connectivity index (χ1n) is 7.13. The summed E-state index contributed by atoms with van der Waals surface area (Å²) in [6.07, 6.45) is 5.40. The molecule has 1 fully saturated rings. The van der Waals surface area contributed by atoms with E-state index in [2.05, 4.69) is 62.2 Å². The van der Waals surface area contributed by atoms with E-state index in [1.165, 1.54) is 36.1 Å². The monoisotopic (exact) mass is 263 g/mol. The zero-order chi connectivity index (χ0) is 13.0. The van der Waals surface area contributed by atoms with Gasteiger partial charge in [-0.1, -0.05) is 32.4 Å². The number of hydrogen-bond acceptors (Lipinski definition) is 2. The van der Waals surface area contributed by atoms with Crippen molar-refractivity contribution >= 4 is 11.8 Å². The third-order valence-electron chi connectivity index (χ3n) is 3.88. The smallest absolute Gasteiger partial charge is 0.0109 e. The van der Waals surface area contributed by atoms with Crippen molar-refractivity contribution < 1.29 is 0 Å². The fourth-order valence-electron chi connectivity index (χ4n) is 2.64. The van der Waals surface area contributed by atoms with E-state index >= 15 is 0 Å². The summed E-state index contributed by atoms with van der Waals surface area (Å²) >= 11 is 2.06. The van der Waals surface area contributed by atoms with Crippen molar-refractivity contribution in [2.24, 2.45) is 0 Å². The molecule has 0 amide bonds. The van der Waals surface area contributed by atoms with Crippen LogP contribution >= 0.6 is 11.8 Å². The van der Waals surface area contributed by atoms with Gasteiger partial charge in [0.15, 0.2) is 0 Å². The van der Waals surface area contributed by atoms with E-state index in [0.29, 0.717) is 5.92 Å². The summed E-state index contributed by atoms with van der Waals surface area (Å²) in [5.74, 6) is 0.632. The minimum absolute atomic E-state index is 0.632. The van der Waals surface area contributed by atoms with Crippen LogP contribution in [0.25, 0.3) is 0 Å². The second-order valence-electron chi connectivity index (χ2n) is 5.62. The molecule has 1 aliphatic rings. The van der Waals surface area contributed by atoms with Crippen molar-refractivity contribution in [3.63, 3.8) is 0 Å². The highest BCUT2D eigenvalue weighted by Gasteiger charge is 2.21. The molecule has 1 N–H and O–H groups in total. The first-order chi connectivity index (χ1) is 8.69. The predicted octanol–water partition coefficient (Wildman–Crippen LogP) is 4.43. The van der Waals surface area contributed by atoms with Gasteiger partial charge >= 0.3 is 0 Å². The molecular formula is C16H25NS. The molecule has 0 heterocycles. The Morgan fingerprint density at radius 3 is 2.50 bits per heavy atom. The summed E-state index contributed by atoms with van der Waals surface area (Å²) in [6, 6.07) is 9.88. The van der Waals surface area contributed by atoms with Crippen molar-refractivity contribution in [3.05, 3.63) is 29.8 Å². The van der Waals surface area contributed by atoms with Crippen LogP contribution < -0.4 is 5.32 Å².